The lowest BCUT2D eigenvalue weighted by Crippen LogP contribution is -3.21. The van der Waals surface area contributed by atoms with Gasteiger partial charge in [-0.15, -0.1) is 0 Å². The summed E-state index contributed by atoms with van der Waals surface area (Å²) >= 11 is 0. The number of hydrogen-bond acceptors (Lipinski definition) is 0. The molecule has 218 valence electrons. The van der Waals surface area contributed by atoms with Gasteiger partial charge in [-0.25, -0.2) is 0 Å². The van der Waals surface area contributed by atoms with Gasteiger partial charge in [-0.05, 0) is 12.8 Å². The van der Waals surface area contributed by atoms with Crippen LogP contribution in [0.25, 0.3) is 0 Å². The lowest BCUT2D eigenvalue weighted by atomic mass is 9.93. The molecule has 0 aliphatic rings. The maximum Gasteiger partial charge on any atom is 0.139 e. The molecule has 0 aliphatic carbocycles. The van der Waals surface area contributed by atoms with Crippen molar-refractivity contribution in [3.63, 3.8) is 0 Å². The summed E-state index contributed by atoms with van der Waals surface area (Å²) in [6.45, 7) is 4.62. The Kier molecular flexibility index (Phi) is 27.9. The number of hydrogen-bond donors (Lipinski definition) is 2. The molecule has 36 heavy (non-hydrogen) atoms. The van der Waals surface area contributed by atoms with E-state index in [1.54, 1.807) is 9.80 Å². The highest BCUT2D eigenvalue weighted by Gasteiger charge is 2.30. The van der Waals surface area contributed by atoms with Gasteiger partial charge in [0.1, 0.15) is 12.1 Å². The van der Waals surface area contributed by atoms with Crippen molar-refractivity contribution in [3.05, 3.63) is 0 Å². The number of nitrogens with one attached hydrogen (secondary N) is 2. The Morgan fingerprint density at radius 2 is 0.500 bits per heavy atom. The van der Waals surface area contributed by atoms with Crippen LogP contribution in [0, 0.1) is 0 Å². The van der Waals surface area contributed by atoms with Crippen LogP contribution >= 0.6 is 0 Å². The fourth-order valence-corrected chi connectivity index (χ4v) is 6.19. The zero-order valence-corrected chi connectivity index (χ0v) is 26.5. The molecule has 0 aromatic rings. The van der Waals surface area contributed by atoms with E-state index in [-0.39, 0.29) is 0 Å². The summed E-state index contributed by atoms with van der Waals surface area (Å²) < 4.78 is 0. The fraction of sp³-hybridized carbons (Fsp3) is 1.00. The van der Waals surface area contributed by atoms with Crippen LogP contribution in [0.1, 0.15) is 181 Å². The second kappa shape index (κ2) is 27.9. The van der Waals surface area contributed by atoms with Crippen LogP contribution in [0.4, 0.5) is 0 Å². The van der Waals surface area contributed by atoms with E-state index in [2.05, 4.69) is 42.0 Å². The molecule has 0 amide bonds. The molecule has 0 saturated heterocycles. The molecule has 0 spiro atoms. The van der Waals surface area contributed by atoms with Crippen molar-refractivity contribution in [1.29, 1.82) is 0 Å². The maximum absolute atomic E-state index is 2.41. The van der Waals surface area contributed by atoms with Gasteiger partial charge in [0.15, 0.2) is 0 Å². The lowest BCUT2D eigenvalue weighted by molar-refractivity contribution is -0.959. The van der Waals surface area contributed by atoms with E-state index < -0.39 is 0 Å². The van der Waals surface area contributed by atoms with Gasteiger partial charge in [-0.3, -0.25) is 0 Å². The molecule has 2 heteroatoms. The van der Waals surface area contributed by atoms with Crippen molar-refractivity contribution in [3.8, 4) is 0 Å². The van der Waals surface area contributed by atoms with Gasteiger partial charge >= 0.3 is 0 Å². The Balaban J connectivity index is 3.84. The van der Waals surface area contributed by atoms with Gasteiger partial charge in [0.2, 0.25) is 0 Å². The molecule has 0 aromatic carbocycles. The Morgan fingerprint density at radius 3 is 0.694 bits per heavy atom. The highest BCUT2D eigenvalue weighted by molar-refractivity contribution is 4.68. The first kappa shape index (κ1) is 35.9. The molecular weight excluding hydrogens is 436 g/mol. The highest BCUT2D eigenvalue weighted by Crippen LogP contribution is 2.16. The van der Waals surface area contributed by atoms with E-state index in [9.17, 15) is 0 Å². The monoisotopic (exact) mass is 511 g/mol. The van der Waals surface area contributed by atoms with Crippen LogP contribution in [0.15, 0.2) is 0 Å². The molecule has 0 heterocycles. The molecule has 0 radical (unpaired) electrons. The summed E-state index contributed by atoms with van der Waals surface area (Å²) in [5.74, 6) is 0. The first-order valence-electron chi connectivity index (χ1n) is 17.1. The van der Waals surface area contributed by atoms with Crippen molar-refractivity contribution in [2.75, 3.05) is 28.2 Å². The van der Waals surface area contributed by atoms with Crippen LogP contribution in [0.3, 0.4) is 0 Å². The third-order valence-electron chi connectivity index (χ3n) is 8.71. The Labute approximate surface area is 230 Å². The maximum atomic E-state index is 2.41. The summed E-state index contributed by atoms with van der Waals surface area (Å²) in [6.07, 6.45) is 37.7. The molecule has 2 nitrogen and oxygen atoms in total. The van der Waals surface area contributed by atoms with Crippen molar-refractivity contribution in [1.82, 2.24) is 0 Å². The van der Waals surface area contributed by atoms with Crippen LogP contribution in [-0.2, 0) is 0 Å². The quantitative estimate of drug-likeness (QED) is 0.0938. The van der Waals surface area contributed by atoms with Crippen molar-refractivity contribution in [2.45, 2.75) is 193 Å². The predicted octanol–water partition coefficient (Wildman–Crippen LogP) is 8.20. The Bertz CT molecular complexity index is 406. The van der Waals surface area contributed by atoms with Crippen LogP contribution in [0.2, 0.25) is 0 Å². The van der Waals surface area contributed by atoms with E-state index in [1.807, 2.05) is 0 Å². The molecular formula is C34H74N2+2. The average molecular weight is 511 g/mol. The first-order valence-corrected chi connectivity index (χ1v) is 17.1. The number of rotatable bonds is 29. The van der Waals surface area contributed by atoms with Gasteiger partial charge in [0.05, 0.1) is 28.2 Å². The Hall–Kier alpha value is -0.0800. The molecule has 0 rings (SSSR count). The molecule has 0 aromatic heterocycles. The molecule has 0 fully saturated rings. The molecule has 2 unspecified atom stereocenters. The minimum atomic E-state index is 0.825. The summed E-state index contributed by atoms with van der Waals surface area (Å²) in [6, 6.07) is 1.65. The molecule has 2 N–H and O–H groups in total. The van der Waals surface area contributed by atoms with E-state index in [1.165, 1.54) is 167 Å². The second-order valence-electron chi connectivity index (χ2n) is 12.7. The largest absolute Gasteiger partial charge is 0.332 e. The third-order valence-corrected chi connectivity index (χ3v) is 8.71. The lowest BCUT2D eigenvalue weighted by Gasteiger charge is -2.31. The normalized spacial score (nSPS) is 13.7. The van der Waals surface area contributed by atoms with Gasteiger partial charge in [-0.1, -0.05) is 155 Å². The fourth-order valence-electron chi connectivity index (χ4n) is 6.19. The molecule has 0 aliphatic heterocycles. The zero-order chi connectivity index (χ0) is 26.7. The number of likely N-dealkylation sites (N-methyl/N-ethyl adjacent to an activating group) is 2. The number of quaternary nitrogens is 2. The van der Waals surface area contributed by atoms with Crippen molar-refractivity contribution >= 4 is 0 Å². The summed E-state index contributed by atoms with van der Waals surface area (Å²) in [5, 5.41) is 0. The smallest absolute Gasteiger partial charge is 0.139 e. The molecule has 0 saturated carbocycles. The Morgan fingerprint density at radius 1 is 0.306 bits per heavy atom. The van der Waals surface area contributed by atoms with Gasteiger partial charge in [-0.2, -0.15) is 0 Å². The standard InChI is InChI=1S/C34H72N2/c1-7-9-11-13-15-17-19-20-21-22-24-26-28-30-32-34(36(5)6)33(35(3)4)31-29-27-25-23-18-16-14-12-10-8-2/h33-34H,7-32H2,1-6H3/p+2. The van der Waals surface area contributed by atoms with E-state index >= 15 is 0 Å². The van der Waals surface area contributed by atoms with Crippen molar-refractivity contribution < 1.29 is 9.80 Å². The minimum absolute atomic E-state index is 0.825. The SMILES string of the molecule is CCCCCCCCCCCCCCCCC(C(CCCCCCCCCCCC)[NH+](C)C)[NH+](C)C. The predicted molar refractivity (Wildman–Crippen MR) is 165 cm³/mol. The number of unbranched alkanes of at least 4 members (excludes halogenated alkanes) is 22. The zero-order valence-electron chi connectivity index (χ0n) is 26.5. The molecule has 2 atom stereocenters. The molecule has 0 bridgehead atoms. The van der Waals surface area contributed by atoms with Crippen LogP contribution in [0.5, 0.6) is 0 Å². The summed E-state index contributed by atoms with van der Waals surface area (Å²) in [7, 11) is 9.62. The minimum Gasteiger partial charge on any atom is -0.332 e. The topological polar surface area (TPSA) is 8.88 Å². The van der Waals surface area contributed by atoms with Crippen molar-refractivity contribution in [2.24, 2.45) is 0 Å². The van der Waals surface area contributed by atoms with Crippen LogP contribution in [-0.4, -0.2) is 40.3 Å². The second-order valence-corrected chi connectivity index (χ2v) is 12.7. The summed E-state index contributed by atoms with van der Waals surface area (Å²) in [4.78, 5) is 3.37. The van der Waals surface area contributed by atoms with Gasteiger partial charge < -0.3 is 9.80 Å². The van der Waals surface area contributed by atoms with E-state index in [0.717, 1.165) is 12.1 Å². The van der Waals surface area contributed by atoms with E-state index in [4.69, 9.17) is 0 Å². The van der Waals surface area contributed by atoms with E-state index in [0.29, 0.717) is 0 Å². The first-order chi connectivity index (χ1) is 17.5. The van der Waals surface area contributed by atoms with Crippen LogP contribution < -0.4 is 9.80 Å². The van der Waals surface area contributed by atoms with Gasteiger partial charge in [0.25, 0.3) is 0 Å². The average Bonchev–Trinajstić information content (AvgIpc) is 2.85. The summed E-state index contributed by atoms with van der Waals surface area (Å²) in [5.41, 5.74) is 0. The third kappa shape index (κ3) is 23.1. The highest BCUT2D eigenvalue weighted by atomic mass is 15.2. The van der Waals surface area contributed by atoms with Gasteiger partial charge in [0, 0.05) is 12.8 Å².